The standard InChI is InChI=1S/C18H19NO5/c1-4-23-17-15(6-5-11-19-17)18(21)24-12(2)16(20)13-7-9-14(22-3)10-8-13/h5-12H,4H2,1-3H3/t12-/m0/s1. The van der Waals surface area contributed by atoms with Gasteiger partial charge in [-0.05, 0) is 50.2 Å². The first-order chi connectivity index (χ1) is 11.6. The fraction of sp³-hybridized carbons (Fsp3) is 0.278. The number of ketones is 1. The van der Waals surface area contributed by atoms with Gasteiger partial charge in [-0.3, -0.25) is 4.79 Å². The molecule has 0 saturated carbocycles. The molecule has 0 unspecified atom stereocenters. The largest absolute Gasteiger partial charge is 0.497 e. The van der Waals surface area contributed by atoms with Gasteiger partial charge >= 0.3 is 5.97 Å². The van der Waals surface area contributed by atoms with Gasteiger partial charge in [-0.25, -0.2) is 9.78 Å². The molecule has 0 fully saturated rings. The Labute approximate surface area is 140 Å². The molecule has 1 atom stereocenters. The Morgan fingerprint density at radius 1 is 1.17 bits per heavy atom. The highest BCUT2D eigenvalue weighted by Gasteiger charge is 2.23. The highest BCUT2D eigenvalue weighted by molar-refractivity contribution is 6.01. The minimum absolute atomic E-state index is 0.189. The molecule has 0 amide bonds. The van der Waals surface area contributed by atoms with Crippen molar-refractivity contribution in [1.82, 2.24) is 4.98 Å². The van der Waals surface area contributed by atoms with Crippen molar-refractivity contribution < 1.29 is 23.8 Å². The predicted molar refractivity (Wildman–Crippen MR) is 87.6 cm³/mol. The summed E-state index contributed by atoms with van der Waals surface area (Å²) >= 11 is 0. The van der Waals surface area contributed by atoms with Crippen molar-refractivity contribution in [3.8, 4) is 11.6 Å². The zero-order valence-electron chi connectivity index (χ0n) is 13.8. The molecule has 0 aliphatic rings. The molecule has 0 radical (unpaired) electrons. The van der Waals surface area contributed by atoms with Gasteiger partial charge in [0.15, 0.2) is 6.10 Å². The number of ether oxygens (including phenoxy) is 3. The van der Waals surface area contributed by atoms with E-state index in [1.54, 1.807) is 50.4 Å². The summed E-state index contributed by atoms with van der Waals surface area (Å²) in [6.07, 6.45) is 0.592. The maximum atomic E-state index is 12.4. The lowest BCUT2D eigenvalue weighted by molar-refractivity contribution is 0.0314. The van der Waals surface area contributed by atoms with Gasteiger partial charge in [0.05, 0.1) is 13.7 Å². The number of carbonyl (C=O) groups is 2. The second-order valence-electron chi connectivity index (χ2n) is 4.93. The summed E-state index contributed by atoms with van der Waals surface area (Å²) in [5.41, 5.74) is 0.626. The second-order valence-corrected chi connectivity index (χ2v) is 4.93. The van der Waals surface area contributed by atoms with Crippen molar-refractivity contribution >= 4 is 11.8 Å². The highest BCUT2D eigenvalue weighted by atomic mass is 16.5. The number of benzene rings is 1. The van der Waals surface area contributed by atoms with Crippen LogP contribution in [0.3, 0.4) is 0 Å². The van der Waals surface area contributed by atoms with Crippen LogP contribution in [-0.4, -0.2) is 36.6 Å². The van der Waals surface area contributed by atoms with Crippen LogP contribution in [0, 0.1) is 0 Å². The molecule has 0 spiro atoms. The maximum absolute atomic E-state index is 12.4. The van der Waals surface area contributed by atoms with E-state index in [-0.39, 0.29) is 17.2 Å². The van der Waals surface area contributed by atoms with Gasteiger partial charge in [0.25, 0.3) is 0 Å². The molecule has 2 rings (SSSR count). The number of Topliss-reactive ketones (excluding diaryl/α,β-unsaturated/α-hetero) is 1. The lowest BCUT2D eigenvalue weighted by Crippen LogP contribution is -2.24. The van der Waals surface area contributed by atoms with E-state index in [2.05, 4.69) is 4.98 Å². The lowest BCUT2D eigenvalue weighted by Gasteiger charge is -2.14. The summed E-state index contributed by atoms with van der Waals surface area (Å²) in [5, 5.41) is 0. The molecule has 0 saturated heterocycles. The number of hydrogen-bond acceptors (Lipinski definition) is 6. The fourth-order valence-electron chi connectivity index (χ4n) is 2.07. The molecule has 6 nitrogen and oxygen atoms in total. The normalized spacial score (nSPS) is 11.5. The number of methoxy groups -OCH3 is 1. The van der Waals surface area contributed by atoms with Gasteiger partial charge in [0.1, 0.15) is 11.3 Å². The quantitative estimate of drug-likeness (QED) is 0.574. The molecule has 2 aromatic rings. The molecule has 126 valence electrons. The van der Waals surface area contributed by atoms with Crippen molar-refractivity contribution in [2.45, 2.75) is 20.0 Å². The molecule has 0 aliphatic heterocycles. The number of esters is 1. The number of hydrogen-bond donors (Lipinski definition) is 0. The monoisotopic (exact) mass is 329 g/mol. The highest BCUT2D eigenvalue weighted by Crippen LogP contribution is 2.18. The van der Waals surface area contributed by atoms with Gasteiger partial charge in [-0.15, -0.1) is 0 Å². The minimum atomic E-state index is -0.930. The van der Waals surface area contributed by atoms with E-state index in [4.69, 9.17) is 14.2 Å². The van der Waals surface area contributed by atoms with Crippen LogP contribution in [0.1, 0.15) is 34.6 Å². The van der Waals surface area contributed by atoms with E-state index < -0.39 is 12.1 Å². The van der Waals surface area contributed by atoms with Gasteiger partial charge in [0, 0.05) is 11.8 Å². The molecular weight excluding hydrogens is 310 g/mol. The van der Waals surface area contributed by atoms with Crippen LogP contribution in [0.2, 0.25) is 0 Å². The number of carbonyl (C=O) groups excluding carboxylic acids is 2. The van der Waals surface area contributed by atoms with Crippen LogP contribution in [0.15, 0.2) is 42.6 Å². The number of nitrogens with zero attached hydrogens (tertiary/aromatic N) is 1. The third kappa shape index (κ3) is 4.10. The van der Waals surface area contributed by atoms with Gasteiger partial charge in [0.2, 0.25) is 11.7 Å². The van der Waals surface area contributed by atoms with E-state index in [1.165, 1.54) is 13.1 Å². The minimum Gasteiger partial charge on any atom is -0.497 e. The Kier molecular flexibility index (Phi) is 5.89. The number of rotatable bonds is 7. The Bertz CT molecular complexity index is 712. The van der Waals surface area contributed by atoms with Crippen LogP contribution in [0.5, 0.6) is 11.6 Å². The van der Waals surface area contributed by atoms with Gasteiger partial charge in [-0.2, -0.15) is 0 Å². The molecule has 0 aliphatic carbocycles. The average molecular weight is 329 g/mol. The average Bonchev–Trinajstić information content (AvgIpc) is 2.61. The van der Waals surface area contributed by atoms with Crippen LogP contribution in [-0.2, 0) is 4.74 Å². The van der Waals surface area contributed by atoms with Crippen molar-refractivity contribution in [3.63, 3.8) is 0 Å². The van der Waals surface area contributed by atoms with Crippen molar-refractivity contribution in [2.24, 2.45) is 0 Å². The Morgan fingerprint density at radius 3 is 2.50 bits per heavy atom. The Morgan fingerprint density at radius 2 is 1.88 bits per heavy atom. The summed E-state index contributed by atoms with van der Waals surface area (Å²) < 4.78 is 15.6. The maximum Gasteiger partial charge on any atom is 0.344 e. The summed E-state index contributed by atoms with van der Waals surface area (Å²) in [7, 11) is 1.55. The van der Waals surface area contributed by atoms with E-state index >= 15 is 0 Å². The van der Waals surface area contributed by atoms with Gasteiger partial charge in [-0.1, -0.05) is 0 Å². The molecule has 1 aromatic heterocycles. The van der Waals surface area contributed by atoms with Crippen molar-refractivity contribution in [2.75, 3.05) is 13.7 Å². The van der Waals surface area contributed by atoms with Gasteiger partial charge < -0.3 is 14.2 Å². The SMILES string of the molecule is CCOc1ncccc1C(=O)O[C@@H](C)C(=O)c1ccc(OC)cc1. The molecule has 0 bridgehead atoms. The molecule has 0 N–H and O–H groups in total. The summed E-state index contributed by atoms with van der Waals surface area (Å²) in [4.78, 5) is 28.6. The summed E-state index contributed by atoms with van der Waals surface area (Å²) in [5.74, 6) is -0.115. The first-order valence-electron chi connectivity index (χ1n) is 7.53. The number of aromatic nitrogens is 1. The molecular formula is C18H19NO5. The fourth-order valence-corrected chi connectivity index (χ4v) is 2.07. The third-order valence-electron chi connectivity index (χ3n) is 3.30. The van der Waals surface area contributed by atoms with Crippen molar-refractivity contribution in [3.05, 3.63) is 53.7 Å². The van der Waals surface area contributed by atoms with Crippen LogP contribution >= 0.6 is 0 Å². The van der Waals surface area contributed by atoms with Crippen molar-refractivity contribution in [1.29, 1.82) is 0 Å². The third-order valence-corrected chi connectivity index (χ3v) is 3.30. The zero-order valence-corrected chi connectivity index (χ0v) is 13.8. The first-order valence-corrected chi connectivity index (χ1v) is 7.53. The van der Waals surface area contributed by atoms with Crippen LogP contribution in [0.4, 0.5) is 0 Å². The van der Waals surface area contributed by atoms with Crippen LogP contribution in [0.25, 0.3) is 0 Å². The van der Waals surface area contributed by atoms with E-state index in [9.17, 15) is 9.59 Å². The molecule has 1 heterocycles. The number of pyridine rings is 1. The second kappa shape index (κ2) is 8.10. The molecule has 24 heavy (non-hydrogen) atoms. The molecule has 6 heteroatoms. The zero-order chi connectivity index (χ0) is 17.5. The Balaban J connectivity index is 2.09. The smallest absolute Gasteiger partial charge is 0.344 e. The topological polar surface area (TPSA) is 74.7 Å². The van der Waals surface area contributed by atoms with E-state index in [0.29, 0.717) is 17.9 Å². The molecule has 1 aromatic carbocycles. The summed E-state index contributed by atoms with van der Waals surface area (Å²) in [6.45, 7) is 3.69. The summed E-state index contributed by atoms with van der Waals surface area (Å²) in [6, 6.07) is 9.76. The van der Waals surface area contributed by atoms with Crippen LogP contribution < -0.4 is 9.47 Å². The lowest BCUT2D eigenvalue weighted by atomic mass is 10.1. The predicted octanol–water partition coefficient (Wildman–Crippen LogP) is 2.92. The first kappa shape index (κ1) is 17.5. The van der Waals surface area contributed by atoms with E-state index in [1.807, 2.05) is 0 Å². The Hall–Kier alpha value is -2.89. The van der Waals surface area contributed by atoms with E-state index in [0.717, 1.165) is 0 Å².